The molecule has 0 unspecified atom stereocenters. The van der Waals surface area contributed by atoms with Gasteiger partial charge in [0.1, 0.15) is 5.75 Å². The molecule has 0 aliphatic rings. The lowest BCUT2D eigenvalue weighted by molar-refractivity contribution is -0.384. The number of phenols is 1. The van der Waals surface area contributed by atoms with Crippen LogP contribution in [0.2, 0.25) is 0 Å². The molecule has 0 aliphatic carbocycles. The summed E-state index contributed by atoms with van der Waals surface area (Å²) in [5.41, 5.74) is 5.18. The number of rotatable bonds is 1. The molecule has 74 valence electrons. The number of nitro benzene ring substituents is 1. The Hall–Kier alpha value is -1.53. The number of aromatic hydroxyl groups is 1. The van der Waals surface area contributed by atoms with E-state index in [1.807, 2.05) is 0 Å². The van der Waals surface area contributed by atoms with Crippen LogP contribution in [0, 0.1) is 10.1 Å². The zero-order chi connectivity index (χ0) is 8.43. The second kappa shape index (κ2) is 5.18. The second-order valence-corrected chi connectivity index (χ2v) is 2.00. The normalized spacial score (nSPS) is 8.00. The minimum Gasteiger partial charge on any atom is -0.506 e. The molecular weight excluding hydrogens is 200 g/mol. The van der Waals surface area contributed by atoms with Crippen LogP contribution in [0.25, 0.3) is 0 Å². The smallest absolute Gasteiger partial charge is 0.273 e. The molecule has 0 aliphatic heterocycles. The van der Waals surface area contributed by atoms with Crippen LogP contribution in [-0.2, 0) is 0 Å². The van der Waals surface area contributed by atoms with Crippen LogP contribution in [0.15, 0.2) is 18.2 Å². The number of non-ortho nitro benzene ring substituents is 1. The van der Waals surface area contributed by atoms with Gasteiger partial charge in [0.05, 0.1) is 16.7 Å². The Labute approximate surface area is 79.9 Å². The predicted molar refractivity (Wildman–Crippen MR) is 50.0 cm³/mol. The van der Waals surface area contributed by atoms with Crippen molar-refractivity contribution in [1.29, 1.82) is 0 Å². The molecule has 1 aromatic carbocycles. The summed E-state index contributed by atoms with van der Waals surface area (Å²) in [6, 6.07) is 3.53. The number of anilines is 1. The quantitative estimate of drug-likeness (QED) is 0.302. The summed E-state index contributed by atoms with van der Waals surface area (Å²) in [6.07, 6.45) is 0. The monoisotopic (exact) mass is 208 g/mol. The van der Waals surface area contributed by atoms with Gasteiger partial charge in [0.15, 0.2) is 0 Å². The molecule has 0 amide bonds. The Kier molecular flexibility index (Phi) is 5.58. The average Bonchev–Trinajstić information content (AvgIpc) is 1.94. The molecule has 13 heavy (non-hydrogen) atoms. The summed E-state index contributed by atoms with van der Waals surface area (Å²) in [4.78, 5) is 9.52. The molecule has 0 saturated carbocycles. The maximum Gasteiger partial charge on any atom is 0.273 e. The predicted octanol–water partition coefficient (Wildman–Crippen LogP) is 0.480. The number of nitrogens with two attached hydrogens (primary N) is 1. The number of phenolic OH excluding ortho intramolecular Hbond substituents is 1. The number of halogens is 1. The van der Waals surface area contributed by atoms with E-state index in [1.165, 1.54) is 12.1 Å². The number of nitro groups is 1. The molecule has 0 saturated heterocycles. The van der Waals surface area contributed by atoms with Crippen LogP contribution < -0.4 is 5.73 Å². The van der Waals surface area contributed by atoms with E-state index >= 15 is 0 Å². The molecule has 1 rings (SSSR count). The van der Waals surface area contributed by atoms with Crippen LogP contribution >= 0.6 is 12.4 Å². The first kappa shape index (κ1) is 14.0. The third kappa shape index (κ3) is 3.14. The number of hydrogen-bond acceptors (Lipinski definition) is 4. The third-order valence-corrected chi connectivity index (χ3v) is 1.22. The van der Waals surface area contributed by atoms with Gasteiger partial charge in [-0.1, -0.05) is 0 Å². The van der Waals surface area contributed by atoms with E-state index in [2.05, 4.69) is 0 Å². The second-order valence-electron chi connectivity index (χ2n) is 2.00. The van der Waals surface area contributed by atoms with Crippen LogP contribution in [0.4, 0.5) is 11.4 Å². The van der Waals surface area contributed by atoms with E-state index in [-0.39, 0.29) is 35.0 Å². The fraction of sp³-hybridized carbons (Fsp3) is 0. The SMILES string of the molecule is Cl.Nc1ccc([N+](=O)[O-])cc1O.O. The zero-order valence-electron chi connectivity index (χ0n) is 6.43. The van der Waals surface area contributed by atoms with Crippen molar-refractivity contribution in [3.05, 3.63) is 28.3 Å². The van der Waals surface area contributed by atoms with Crippen LogP contribution in [0.1, 0.15) is 0 Å². The first-order valence-electron chi connectivity index (χ1n) is 2.84. The Bertz CT molecular complexity index is 305. The third-order valence-electron chi connectivity index (χ3n) is 1.22. The summed E-state index contributed by atoms with van der Waals surface area (Å²) in [7, 11) is 0. The fourth-order valence-corrected chi connectivity index (χ4v) is 0.646. The Morgan fingerprint density at radius 2 is 2.00 bits per heavy atom. The summed E-state index contributed by atoms with van der Waals surface area (Å²) >= 11 is 0. The van der Waals surface area contributed by atoms with E-state index in [9.17, 15) is 10.1 Å². The number of hydrogen-bond donors (Lipinski definition) is 2. The molecule has 0 spiro atoms. The number of benzene rings is 1. The van der Waals surface area contributed by atoms with Crippen molar-refractivity contribution in [1.82, 2.24) is 0 Å². The minimum absolute atomic E-state index is 0. The summed E-state index contributed by atoms with van der Waals surface area (Å²) in [5, 5.41) is 19.0. The molecule has 0 bridgehead atoms. The van der Waals surface area contributed by atoms with Crippen molar-refractivity contribution in [3.8, 4) is 5.75 Å². The highest BCUT2D eigenvalue weighted by molar-refractivity contribution is 5.85. The lowest BCUT2D eigenvalue weighted by atomic mass is 10.3. The van der Waals surface area contributed by atoms with E-state index in [4.69, 9.17) is 10.8 Å². The Morgan fingerprint density at radius 1 is 1.46 bits per heavy atom. The highest BCUT2D eigenvalue weighted by Crippen LogP contribution is 2.24. The van der Waals surface area contributed by atoms with Gasteiger partial charge in [-0.3, -0.25) is 10.1 Å². The Balaban J connectivity index is 0. The van der Waals surface area contributed by atoms with Crippen LogP contribution in [-0.4, -0.2) is 15.5 Å². The molecule has 0 heterocycles. The molecule has 5 N–H and O–H groups in total. The number of nitrogens with zero attached hydrogens (tertiary/aromatic N) is 1. The van der Waals surface area contributed by atoms with E-state index in [0.29, 0.717) is 0 Å². The highest BCUT2D eigenvalue weighted by Gasteiger charge is 2.06. The van der Waals surface area contributed by atoms with Gasteiger partial charge in [0.2, 0.25) is 0 Å². The fourth-order valence-electron chi connectivity index (χ4n) is 0.646. The summed E-state index contributed by atoms with van der Waals surface area (Å²) in [5.74, 6) is -0.265. The van der Waals surface area contributed by atoms with Gasteiger partial charge >= 0.3 is 0 Å². The zero-order valence-corrected chi connectivity index (χ0v) is 7.25. The van der Waals surface area contributed by atoms with Crippen LogP contribution in [0.3, 0.4) is 0 Å². The summed E-state index contributed by atoms with van der Waals surface area (Å²) in [6.45, 7) is 0. The van der Waals surface area contributed by atoms with E-state index < -0.39 is 4.92 Å². The van der Waals surface area contributed by atoms with Gasteiger partial charge in [-0.25, -0.2) is 0 Å². The standard InChI is InChI=1S/C6H6N2O3.ClH.H2O/c7-5-2-1-4(8(10)11)3-6(5)9;;/h1-3,9H,7H2;1H;1H2. The Morgan fingerprint density at radius 3 is 2.38 bits per heavy atom. The first-order valence-corrected chi connectivity index (χ1v) is 2.84. The van der Waals surface area contributed by atoms with Gasteiger partial charge < -0.3 is 16.3 Å². The van der Waals surface area contributed by atoms with Gasteiger partial charge in [0.25, 0.3) is 5.69 Å². The maximum atomic E-state index is 10.1. The molecule has 0 fully saturated rings. The van der Waals surface area contributed by atoms with Gasteiger partial charge in [-0.15, -0.1) is 12.4 Å². The van der Waals surface area contributed by atoms with Crippen molar-refractivity contribution in [2.24, 2.45) is 0 Å². The van der Waals surface area contributed by atoms with Gasteiger partial charge in [-0.05, 0) is 6.07 Å². The molecule has 0 atom stereocenters. The molecule has 1 aromatic rings. The van der Waals surface area contributed by atoms with Crippen molar-refractivity contribution in [2.45, 2.75) is 0 Å². The van der Waals surface area contributed by atoms with Crippen molar-refractivity contribution in [3.63, 3.8) is 0 Å². The lowest BCUT2D eigenvalue weighted by Gasteiger charge is -1.95. The van der Waals surface area contributed by atoms with Crippen molar-refractivity contribution >= 4 is 23.8 Å². The molecular formula is C6H9ClN2O4. The lowest BCUT2D eigenvalue weighted by Crippen LogP contribution is -1.89. The van der Waals surface area contributed by atoms with E-state index in [0.717, 1.165) is 6.07 Å². The maximum absolute atomic E-state index is 10.1. The topological polar surface area (TPSA) is 121 Å². The summed E-state index contributed by atoms with van der Waals surface area (Å²) < 4.78 is 0. The van der Waals surface area contributed by atoms with Crippen molar-refractivity contribution < 1.29 is 15.5 Å². The van der Waals surface area contributed by atoms with E-state index in [1.54, 1.807) is 0 Å². The molecule has 7 heteroatoms. The van der Waals surface area contributed by atoms with Gasteiger partial charge in [0, 0.05) is 6.07 Å². The highest BCUT2D eigenvalue weighted by atomic mass is 35.5. The average molecular weight is 209 g/mol. The molecule has 6 nitrogen and oxygen atoms in total. The largest absolute Gasteiger partial charge is 0.506 e. The first-order chi connectivity index (χ1) is 5.11. The van der Waals surface area contributed by atoms with Crippen molar-refractivity contribution in [2.75, 3.05) is 5.73 Å². The minimum atomic E-state index is -0.598. The van der Waals surface area contributed by atoms with Crippen LogP contribution in [0.5, 0.6) is 5.75 Å². The van der Waals surface area contributed by atoms with Gasteiger partial charge in [-0.2, -0.15) is 0 Å². The number of nitrogen functional groups attached to an aromatic ring is 1. The molecule has 0 aromatic heterocycles. The molecule has 0 radical (unpaired) electrons.